The van der Waals surface area contributed by atoms with E-state index in [2.05, 4.69) is 144 Å². The minimum Gasteiger partial charge on any atom is -0.484 e. The summed E-state index contributed by atoms with van der Waals surface area (Å²) >= 11 is 0. The summed E-state index contributed by atoms with van der Waals surface area (Å²) < 4.78 is 15.9. The largest absolute Gasteiger partial charge is 0.484 e. The molecule has 6 heteroatoms. The Morgan fingerprint density at radius 2 is 1.24 bits per heavy atom. The van der Waals surface area contributed by atoms with Gasteiger partial charge in [-0.1, -0.05) is 152 Å². The van der Waals surface area contributed by atoms with Crippen LogP contribution in [0.15, 0.2) is 210 Å². The van der Waals surface area contributed by atoms with Crippen LogP contribution in [0.3, 0.4) is 0 Å². The summed E-state index contributed by atoms with van der Waals surface area (Å²) in [6.07, 6.45) is 10.5. The molecule has 13 rings (SSSR count). The molecule has 6 nitrogen and oxygen atoms in total. The van der Waals surface area contributed by atoms with Crippen LogP contribution in [-0.2, 0) is 4.74 Å². The quantitative estimate of drug-likeness (QED) is 0.167. The Balaban J connectivity index is 0.900. The van der Waals surface area contributed by atoms with Crippen molar-refractivity contribution >= 4 is 54.9 Å². The number of benzene rings is 7. The Bertz CT molecular complexity index is 3600. The number of aromatic nitrogens is 4. The summed E-state index contributed by atoms with van der Waals surface area (Å²) in [5.74, 6) is 2.84. The Labute approximate surface area is 363 Å². The van der Waals surface area contributed by atoms with Crippen LogP contribution in [0.25, 0.3) is 94.5 Å². The molecule has 0 saturated carbocycles. The minimum atomic E-state index is -0.282. The molecule has 1 aliphatic heterocycles. The molecule has 10 aromatic rings. The van der Waals surface area contributed by atoms with E-state index >= 15 is 0 Å². The second kappa shape index (κ2) is 14.3. The first-order valence-electron chi connectivity index (χ1n) is 21.6. The third kappa shape index (κ3) is 5.75. The van der Waals surface area contributed by atoms with E-state index in [-0.39, 0.29) is 12.0 Å². The summed E-state index contributed by atoms with van der Waals surface area (Å²) in [5, 5.41) is 4.58. The fourth-order valence-electron chi connectivity index (χ4n) is 10.0. The molecule has 0 spiro atoms. The van der Waals surface area contributed by atoms with Crippen molar-refractivity contribution in [2.24, 2.45) is 5.92 Å². The molecule has 63 heavy (non-hydrogen) atoms. The zero-order valence-corrected chi connectivity index (χ0v) is 34.1. The van der Waals surface area contributed by atoms with Crippen LogP contribution < -0.4 is 0 Å². The molecule has 0 bridgehead atoms. The van der Waals surface area contributed by atoms with Gasteiger partial charge in [0.1, 0.15) is 23.0 Å². The van der Waals surface area contributed by atoms with Crippen LogP contribution in [0.1, 0.15) is 24.2 Å². The number of furan rings is 1. The molecule has 0 saturated heterocycles. The molecule has 0 radical (unpaired) electrons. The third-order valence-corrected chi connectivity index (χ3v) is 12.9. The summed E-state index contributed by atoms with van der Waals surface area (Å²) in [5.41, 5.74) is 13.9. The molecule has 3 aromatic heterocycles. The van der Waals surface area contributed by atoms with Gasteiger partial charge < -0.3 is 13.7 Å². The lowest BCUT2D eigenvalue weighted by Gasteiger charge is -2.23. The second-order valence-electron chi connectivity index (χ2n) is 16.5. The Morgan fingerprint density at radius 3 is 2.08 bits per heavy atom. The monoisotopic (exact) mass is 810 g/mol. The van der Waals surface area contributed by atoms with Crippen LogP contribution >= 0.6 is 0 Å². The zero-order chi connectivity index (χ0) is 41.4. The van der Waals surface area contributed by atoms with Gasteiger partial charge in [0.2, 0.25) is 0 Å². The highest BCUT2D eigenvalue weighted by Gasteiger charge is 2.42. The first-order valence-corrected chi connectivity index (χ1v) is 21.6. The highest BCUT2D eigenvalue weighted by molar-refractivity contribution is 6.14. The van der Waals surface area contributed by atoms with E-state index in [0.717, 1.165) is 74.1 Å². The SMILES string of the molecule is C1=CC2C3=C(OC2C(c2nc(-c4ccccc4)nc(-c4ccc5c(c4)oc4ccccc45)n2)=C1)C(c1ccc2c(c1)c1cccc(-c4ccccc4)c1n2-c1ccccc1)=CCC3. The fourth-order valence-corrected chi connectivity index (χ4v) is 10.0. The van der Waals surface area contributed by atoms with Gasteiger partial charge in [-0.2, -0.15) is 0 Å². The standard InChI is InChI=1S/C57H38N4O2/c1-4-15-35(16-5-1)40-22-12-24-44-48-33-37(30-32-49(48)61(52(40)44)39-19-8-3-9-20-39)41-23-13-25-45-46-26-14-27-47(54(46)63-53(41)45)57-59-55(36-17-6-2-7-18-36)58-56(60-57)38-29-31-43-42-21-10-11-28-50(42)62-51(43)34-38/h1-12,14-24,26-34,46,54H,13,25H2. The minimum absolute atomic E-state index is 0.0631. The van der Waals surface area contributed by atoms with Crippen molar-refractivity contribution in [3.63, 3.8) is 0 Å². The van der Waals surface area contributed by atoms with Gasteiger partial charge in [-0.3, -0.25) is 0 Å². The Hall–Kier alpha value is -8.09. The van der Waals surface area contributed by atoms with Crippen molar-refractivity contribution in [2.75, 3.05) is 0 Å². The maximum atomic E-state index is 7.21. The van der Waals surface area contributed by atoms with Gasteiger partial charge in [-0.25, -0.2) is 15.0 Å². The normalized spacial score (nSPS) is 17.0. The lowest BCUT2D eigenvalue weighted by atomic mass is 9.81. The van der Waals surface area contributed by atoms with Crippen LogP contribution in [0, 0.1) is 5.92 Å². The molecule has 2 unspecified atom stereocenters. The molecule has 0 fully saturated rings. The highest BCUT2D eigenvalue weighted by atomic mass is 16.5. The van der Waals surface area contributed by atoms with Gasteiger partial charge in [-0.15, -0.1) is 0 Å². The molecule has 2 aliphatic carbocycles. The number of hydrogen-bond acceptors (Lipinski definition) is 5. The molecule has 4 heterocycles. The van der Waals surface area contributed by atoms with E-state index < -0.39 is 0 Å². The van der Waals surface area contributed by atoms with Crippen molar-refractivity contribution in [2.45, 2.75) is 18.9 Å². The van der Waals surface area contributed by atoms with E-state index in [4.69, 9.17) is 24.1 Å². The van der Waals surface area contributed by atoms with Crippen LogP contribution in [-0.4, -0.2) is 25.6 Å². The van der Waals surface area contributed by atoms with Crippen LogP contribution in [0.2, 0.25) is 0 Å². The Morgan fingerprint density at radius 1 is 0.540 bits per heavy atom. The average Bonchev–Trinajstić information content (AvgIpc) is 4.04. The molecular weight excluding hydrogens is 773 g/mol. The van der Waals surface area contributed by atoms with E-state index in [9.17, 15) is 0 Å². The van der Waals surface area contributed by atoms with E-state index in [0.29, 0.717) is 17.5 Å². The summed E-state index contributed by atoms with van der Waals surface area (Å²) in [6.45, 7) is 0. The smallest absolute Gasteiger partial charge is 0.164 e. The van der Waals surface area contributed by atoms with Crippen molar-refractivity contribution in [1.29, 1.82) is 0 Å². The van der Waals surface area contributed by atoms with Crippen molar-refractivity contribution < 1.29 is 9.15 Å². The fraction of sp³-hybridized carbons (Fsp3) is 0.0702. The second-order valence-corrected chi connectivity index (χ2v) is 16.5. The molecular formula is C57H38N4O2. The molecule has 0 amide bonds. The van der Waals surface area contributed by atoms with Crippen LogP contribution in [0.4, 0.5) is 0 Å². The highest BCUT2D eigenvalue weighted by Crippen LogP contribution is 2.50. The van der Waals surface area contributed by atoms with E-state index in [1.807, 2.05) is 54.6 Å². The first kappa shape index (κ1) is 35.6. The summed E-state index contributed by atoms with van der Waals surface area (Å²) in [4.78, 5) is 15.4. The van der Waals surface area contributed by atoms with Crippen molar-refractivity contribution in [3.8, 4) is 39.6 Å². The van der Waals surface area contributed by atoms with Crippen molar-refractivity contribution in [1.82, 2.24) is 19.5 Å². The van der Waals surface area contributed by atoms with E-state index in [1.54, 1.807) is 0 Å². The van der Waals surface area contributed by atoms with Gasteiger partial charge in [0.05, 0.1) is 11.0 Å². The van der Waals surface area contributed by atoms with Gasteiger partial charge in [0.25, 0.3) is 0 Å². The number of hydrogen-bond donors (Lipinski definition) is 0. The lowest BCUT2D eigenvalue weighted by molar-refractivity contribution is 0.184. The third-order valence-electron chi connectivity index (χ3n) is 12.9. The number of allylic oxidation sites excluding steroid dienone is 4. The molecule has 2 atom stereocenters. The predicted molar refractivity (Wildman–Crippen MR) is 254 cm³/mol. The topological polar surface area (TPSA) is 66.0 Å². The van der Waals surface area contributed by atoms with Gasteiger partial charge in [-0.05, 0) is 72.0 Å². The van der Waals surface area contributed by atoms with E-state index in [1.165, 1.54) is 38.5 Å². The predicted octanol–water partition coefficient (Wildman–Crippen LogP) is 14.0. The number of ether oxygens (including phenoxy) is 1. The lowest BCUT2D eigenvalue weighted by Crippen LogP contribution is -2.23. The Kier molecular flexibility index (Phi) is 8.06. The number of nitrogens with zero attached hydrogens (tertiary/aromatic N) is 4. The molecule has 0 N–H and O–H groups in total. The first-order chi connectivity index (χ1) is 31.2. The maximum Gasteiger partial charge on any atom is 0.164 e. The molecule has 298 valence electrons. The summed E-state index contributed by atoms with van der Waals surface area (Å²) in [7, 11) is 0. The summed E-state index contributed by atoms with van der Waals surface area (Å²) in [6, 6.07) is 59.5. The number of rotatable bonds is 6. The maximum absolute atomic E-state index is 7.21. The average molecular weight is 811 g/mol. The van der Waals surface area contributed by atoms with Gasteiger partial charge in [0, 0.05) is 61.0 Å². The molecule has 7 aromatic carbocycles. The van der Waals surface area contributed by atoms with Crippen molar-refractivity contribution in [3.05, 3.63) is 217 Å². The number of fused-ring (bicyclic) bond motifs is 8. The zero-order valence-electron chi connectivity index (χ0n) is 34.1. The number of para-hydroxylation sites is 3. The van der Waals surface area contributed by atoms with Gasteiger partial charge in [0.15, 0.2) is 17.5 Å². The van der Waals surface area contributed by atoms with Crippen LogP contribution in [0.5, 0.6) is 0 Å². The van der Waals surface area contributed by atoms with Gasteiger partial charge >= 0.3 is 0 Å². The molecule has 3 aliphatic rings.